The number of likely N-dealkylation sites (tertiary alicyclic amines) is 1. The van der Waals surface area contributed by atoms with Crippen LogP contribution in [0, 0.1) is 10.1 Å². The molecule has 0 saturated carbocycles. The predicted octanol–water partition coefficient (Wildman–Crippen LogP) is 1.54. The Morgan fingerprint density at radius 3 is 3.00 bits per heavy atom. The number of carbonyl (C=O) groups excluding carboxylic acids is 1. The summed E-state index contributed by atoms with van der Waals surface area (Å²) in [4.78, 5) is 26.8. The highest BCUT2D eigenvalue weighted by atomic mass is 16.6. The van der Waals surface area contributed by atoms with Crippen LogP contribution in [0.2, 0.25) is 0 Å². The molecule has 0 radical (unpaired) electrons. The van der Waals surface area contributed by atoms with Gasteiger partial charge in [0.1, 0.15) is 5.75 Å². The first-order valence-corrected chi connectivity index (χ1v) is 8.35. The second kappa shape index (κ2) is 9.33. The molecule has 1 aromatic carbocycles. The zero-order valence-corrected chi connectivity index (χ0v) is 14.7. The molecule has 1 heterocycles. The van der Waals surface area contributed by atoms with Crippen LogP contribution in [0.15, 0.2) is 24.3 Å². The highest BCUT2D eigenvalue weighted by Gasteiger charge is 2.29. The van der Waals surface area contributed by atoms with E-state index >= 15 is 0 Å². The molecule has 1 aliphatic heterocycles. The topological polar surface area (TPSA) is 85.2 Å². The third-order valence-corrected chi connectivity index (χ3v) is 4.29. The van der Waals surface area contributed by atoms with Crippen molar-refractivity contribution in [3.8, 4) is 5.75 Å². The molecule has 0 bridgehead atoms. The third-order valence-electron chi connectivity index (χ3n) is 4.29. The van der Waals surface area contributed by atoms with Crippen molar-refractivity contribution in [2.24, 2.45) is 0 Å². The number of benzene rings is 1. The summed E-state index contributed by atoms with van der Waals surface area (Å²) >= 11 is 0. The molecule has 25 heavy (non-hydrogen) atoms. The lowest BCUT2D eigenvalue weighted by Gasteiger charge is -2.28. The molecule has 0 aliphatic carbocycles. The number of non-ortho nitro benzene ring substituents is 1. The molecule has 0 aromatic heterocycles. The van der Waals surface area contributed by atoms with E-state index in [4.69, 9.17) is 9.47 Å². The van der Waals surface area contributed by atoms with E-state index in [1.807, 2.05) is 11.9 Å². The van der Waals surface area contributed by atoms with E-state index in [2.05, 4.69) is 4.90 Å². The number of nitrogens with zero attached hydrogens (tertiary/aromatic N) is 3. The van der Waals surface area contributed by atoms with Crippen LogP contribution in [0.1, 0.15) is 12.8 Å². The molecule has 1 amide bonds. The monoisotopic (exact) mass is 351 g/mol. The van der Waals surface area contributed by atoms with E-state index in [1.54, 1.807) is 19.2 Å². The highest BCUT2D eigenvalue weighted by Crippen LogP contribution is 2.21. The van der Waals surface area contributed by atoms with E-state index in [0.29, 0.717) is 12.4 Å². The van der Waals surface area contributed by atoms with Crippen molar-refractivity contribution < 1.29 is 19.2 Å². The molecule has 2 rings (SSSR count). The molecule has 1 unspecified atom stereocenters. The first-order chi connectivity index (χ1) is 12.0. The Morgan fingerprint density at radius 2 is 2.28 bits per heavy atom. The zero-order valence-electron chi connectivity index (χ0n) is 14.7. The normalized spacial score (nSPS) is 17.1. The standard InChI is InChI=1S/C17H25N3O5/c1-18(9-10-24-2)12-15-6-4-8-19(15)17(21)13-25-16-7-3-5-14(11-16)20(22)23/h3,5,7,11,15H,4,6,8-10,12-13H2,1-2H3. The molecule has 0 spiro atoms. The minimum absolute atomic E-state index is 0.0521. The van der Waals surface area contributed by atoms with Crippen LogP contribution in [0.5, 0.6) is 5.75 Å². The number of likely N-dealkylation sites (N-methyl/N-ethyl adjacent to an activating group) is 1. The summed E-state index contributed by atoms with van der Waals surface area (Å²) in [6.07, 6.45) is 1.95. The second-order valence-electron chi connectivity index (χ2n) is 6.18. The average Bonchev–Trinajstić information content (AvgIpc) is 3.06. The molecule has 8 heteroatoms. The van der Waals surface area contributed by atoms with Gasteiger partial charge in [-0.15, -0.1) is 0 Å². The summed E-state index contributed by atoms with van der Waals surface area (Å²) in [5.74, 6) is 0.240. The Morgan fingerprint density at radius 1 is 1.48 bits per heavy atom. The summed E-state index contributed by atoms with van der Waals surface area (Å²) < 4.78 is 10.5. The number of carbonyl (C=O) groups is 1. The van der Waals surface area contributed by atoms with Gasteiger partial charge in [-0.25, -0.2) is 0 Å². The molecule has 1 atom stereocenters. The number of hydrogen-bond acceptors (Lipinski definition) is 6. The van der Waals surface area contributed by atoms with Gasteiger partial charge >= 0.3 is 0 Å². The largest absolute Gasteiger partial charge is 0.484 e. The van der Waals surface area contributed by atoms with Crippen LogP contribution in [0.25, 0.3) is 0 Å². The number of amides is 1. The molecular weight excluding hydrogens is 326 g/mol. The SMILES string of the molecule is COCCN(C)CC1CCCN1C(=O)COc1cccc([N+](=O)[O-])c1. The molecule has 1 aliphatic rings. The second-order valence-corrected chi connectivity index (χ2v) is 6.18. The maximum absolute atomic E-state index is 12.5. The predicted molar refractivity (Wildman–Crippen MR) is 92.7 cm³/mol. The lowest BCUT2D eigenvalue weighted by molar-refractivity contribution is -0.384. The summed E-state index contributed by atoms with van der Waals surface area (Å²) in [7, 11) is 3.68. The Balaban J connectivity index is 1.86. The van der Waals surface area contributed by atoms with Gasteiger partial charge in [0.05, 0.1) is 17.6 Å². The van der Waals surface area contributed by atoms with Gasteiger partial charge in [0.15, 0.2) is 6.61 Å². The zero-order chi connectivity index (χ0) is 18.2. The van der Waals surface area contributed by atoms with Crippen LogP contribution < -0.4 is 4.74 Å². The molecule has 0 N–H and O–H groups in total. The van der Waals surface area contributed by atoms with Crippen LogP contribution in [-0.2, 0) is 9.53 Å². The number of nitro groups is 1. The Bertz CT molecular complexity index is 595. The number of hydrogen-bond donors (Lipinski definition) is 0. The van der Waals surface area contributed by atoms with E-state index in [-0.39, 0.29) is 24.2 Å². The number of methoxy groups -OCH3 is 1. The summed E-state index contributed by atoms with van der Waals surface area (Å²) in [5.41, 5.74) is -0.0521. The Hall–Kier alpha value is -2.19. The lowest BCUT2D eigenvalue weighted by atomic mass is 10.2. The third kappa shape index (κ3) is 5.68. The number of rotatable bonds is 9. The number of ether oxygens (including phenoxy) is 2. The number of nitro benzene ring substituents is 1. The maximum atomic E-state index is 12.5. The molecule has 1 aromatic rings. The van der Waals surface area contributed by atoms with Gasteiger partial charge < -0.3 is 19.3 Å². The van der Waals surface area contributed by atoms with Crippen molar-refractivity contribution in [1.29, 1.82) is 0 Å². The van der Waals surface area contributed by atoms with Crippen molar-refractivity contribution in [2.45, 2.75) is 18.9 Å². The average molecular weight is 351 g/mol. The molecule has 1 fully saturated rings. The lowest BCUT2D eigenvalue weighted by Crippen LogP contribution is -2.44. The van der Waals surface area contributed by atoms with Gasteiger partial charge in [0.2, 0.25) is 0 Å². The van der Waals surface area contributed by atoms with E-state index in [9.17, 15) is 14.9 Å². The first kappa shape index (κ1) is 19.1. The summed E-state index contributed by atoms with van der Waals surface area (Å²) in [6.45, 7) is 2.89. The van der Waals surface area contributed by atoms with Crippen LogP contribution in [-0.4, -0.2) is 73.7 Å². The fourth-order valence-corrected chi connectivity index (χ4v) is 2.97. The van der Waals surface area contributed by atoms with Crippen molar-refractivity contribution in [3.63, 3.8) is 0 Å². The van der Waals surface area contributed by atoms with E-state index < -0.39 is 4.92 Å². The van der Waals surface area contributed by atoms with Gasteiger partial charge in [-0.3, -0.25) is 14.9 Å². The molecule has 8 nitrogen and oxygen atoms in total. The Labute approximate surface area is 147 Å². The molecule has 138 valence electrons. The van der Waals surface area contributed by atoms with Crippen LogP contribution in [0.4, 0.5) is 5.69 Å². The Kier molecular flexibility index (Phi) is 7.15. The van der Waals surface area contributed by atoms with Gasteiger partial charge in [-0.05, 0) is 26.0 Å². The molecular formula is C17H25N3O5. The van der Waals surface area contributed by atoms with Crippen molar-refractivity contribution in [1.82, 2.24) is 9.80 Å². The highest BCUT2D eigenvalue weighted by molar-refractivity contribution is 5.78. The van der Waals surface area contributed by atoms with Crippen LogP contribution >= 0.6 is 0 Å². The maximum Gasteiger partial charge on any atom is 0.273 e. The minimum Gasteiger partial charge on any atom is -0.484 e. The summed E-state index contributed by atoms with van der Waals surface area (Å²) in [5, 5.41) is 10.8. The van der Waals surface area contributed by atoms with Crippen molar-refractivity contribution >= 4 is 11.6 Å². The smallest absolute Gasteiger partial charge is 0.273 e. The molecule has 1 saturated heterocycles. The van der Waals surface area contributed by atoms with Crippen molar-refractivity contribution in [3.05, 3.63) is 34.4 Å². The minimum atomic E-state index is -0.485. The summed E-state index contributed by atoms with van der Waals surface area (Å²) in [6, 6.07) is 6.04. The van der Waals surface area contributed by atoms with Gasteiger partial charge in [-0.2, -0.15) is 0 Å². The van der Waals surface area contributed by atoms with E-state index in [1.165, 1.54) is 12.1 Å². The fourth-order valence-electron chi connectivity index (χ4n) is 2.97. The first-order valence-electron chi connectivity index (χ1n) is 8.35. The van der Waals surface area contributed by atoms with Gasteiger partial charge in [0.25, 0.3) is 11.6 Å². The van der Waals surface area contributed by atoms with E-state index in [0.717, 1.165) is 32.5 Å². The van der Waals surface area contributed by atoms with Gasteiger partial charge in [0, 0.05) is 38.9 Å². The van der Waals surface area contributed by atoms with Gasteiger partial charge in [-0.1, -0.05) is 6.07 Å². The van der Waals surface area contributed by atoms with Crippen molar-refractivity contribution in [2.75, 3.05) is 47.0 Å². The quantitative estimate of drug-likeness (QED) is 0.496. The fraction of sp³-hybridized carbons (Fsp3) is 0.588. The van der Waals surface area contributed by atoms with Crippen LogP contribution in [0.3, 0.4) is 0 Å².